The van der Waals surface area contributed by atoms with Gasteiger partial charge in [0, 0.05) is 13.6 Å². The highest BCUT2D eigenvalue weighted by molar-refractivity contribution is 7.92. The van der Waals surface area contributed by atoms with Gasteiger partial charge in [-0.15, -0.1) is 0 Å². The number of anilines is 1. The standard InChI is InChI=1S/C21H24Cl2FN3O4S/c1-4-19(21(29)25-2)26(12-14-5-7-15(24)8-6-14)20(28)13-27(32(3,30)31)16-9-10-17(22)18(23)11-16/h5-11,19H,4,12-13H2,1-3H3,(H,25,29)/t19-/m1/s1. The van der Waals surface area contributed by atoms with Crippen LogP contribution in [0.1, 0.15) is 18.9 Å². The maximum absolute atomic E-state index is 13.3. The van der Waals surface area contributed by atoms with E-state index in [0.717, 1.165) is 10.6 Å². The van der Waals surface area contributed by atoms with Crippen molar-refractivity contribution in [3.8, 4) is 0 Å². The van der Waals surface area contributed by atoms with Crippen molar-refractivity contribution < 1.29 is 22.4 Å². The minimum atomic E-state index is -3.88. The van der Waals surface area contributed by atoms with E-state index in [1.807, 2.05) is 0 Å². The number of halogens is 3. The topological polar surface area (TPSA) is 86.8 Å². The molecule has 0 aliphatic rings. The maximum atomic E-state index is 13.3. The monoisotopic (exact) mass is 503 g/mol. The molecule has 0 heterocycles. The lowest BCUT2D eigenvalue weighted by Gasteiger charge is -2.32. The lowest BCUT2D eigenvalue weighted by atomic mass is 10.1. The van der Waals surface area contributed by atoms with Crippen LogP contribution in [0.4, 0.5) is 10.1 Å². The minimum Gasteiger partial charge on any atom is -0.357 e. The van der Waals surface area contributed by atoms with E-state index in [9.17, 15) is 22.4 Å². The average Bonchev–Trinajstić information content (AvgIpc) is 2.74. The van der Waals surface area contributed by atoms with Gasteiger partial charge in [-0.2, -0.15) is 0 Å². The second kappa shape index (κ2) is 11.0. The molecule has 174 valence electrons. The van der Waals surface area contributed by atoms with Gasteiger partial charge in [0.2, 0.25) is 21.8 Å². The number of likely N-dealkylation sites (N-methyl/N-ethyl adjacent to an activating group) is 1. The Hall–Kier alpha value is -2.36. The molecule has 0 spiro atoms. The Bertz CT molecular complexity index is 1080. The molecule has 0 unspecified atom stereocenters. The largest absolute Gasteiger partial charge is 0.357 e. The summed E-state index contributed by atoms with van der Waals surface area (Å²) in [5.74, 6) is -1.45. The van der Waals surface area contributed by atoms with Crippen molar-refractivity contribution in [2.45, 2.75) is 25.9 Å². The Balaban J connectivity index is 2.43. The van der Waals surface area contributed by atoms with Crippen LogP contribution in [0.15, 0.2) is 42.5 Å². The molecule has 7 nitrogen and oxygen atoms in total. The molecular formula is C21H24Cl2FN3O4S. The molecular weight excluding hydrogens is 480 g/mol. The molecule has 11 heteroatoms. The fraction of sp³-hybridized carbons (Fsp3) is 0.333. The van der Waals surface area contributed by atoms with Gasteiger partial charge in [-0.05, 0) is 42.3 Å². The van der Waals surface area contributed by atoms with Crippen molar-refractivity contribution in [1.29, 1.82) is 0 Å². The van der Waals surface area contributed by atoms with Crippen molar-refractivity contribution in [2.75, 3.05) is 24.2 Å². The molecule has 0 radical (unpaired) electrons. The Morgan fingerprint density at radius 1 is 1.09 bits per heavy atom. The van der Waals surface area contributed by atoms with E-state index in [1.54, 1.807) is 6.92 Å². The number of nitrogens with zero attached hydrogens (tertiary/aromatic N) is 2. The maximum Gasteiger partial charge on any atom is 0.244 e. The number of sulfonamides is 1. The first-order valence-corrected chi connectivity index (χ1v) is 12.3. The van der Waals surface area contributed by atoms with Gasteiger partial charge in [0.1, 0.15) is 18.4 Å². The third-order valence-electron chi connectivity index (χ3n) is 4.77. The number of benzene rings is 2. The molecule has 0 saturated carbocycles. The van der Waals surface area contributed by atoms with Crippen molar-refractivity contribution in [3.05, 3.63) is 63.9 Å². The smallest absolute Gasteiger partial charge is 0.244 e. The van der Waals surface area contributed by atoms with Crippen molar-refractivity contribution in [3.63, 3.8) is 0 Å². The summed E-state index contributed by atoms with van der Waals surface area (Å²) in [7, 11) is -2.43. The van der Waals surface area contributed by atoms with E-state index in [4.69, 9.17) is 23.2 Å². The molecule has 0 aliphatic carbocycles. The van der Waals surface area contributed by atoms with E-state index in [1.165, 1.54) is 54.4 Å². The highest BCUT2D eigenvalue weighted by Gasteiger charge is 2.31. The van der Waals surface area contributed by atoms with Crippen LogP contribution in [0.25, 0.3) is 0 Å². The number of amides is 2. The summed E-state index contributed by atoms with van der Waals surface area (Å²) in [5, 5.41) is 2.88. The summed E-state index contributed by atoms with van der Waals surface area (Å²) in [6.45, 7) is 1.16. The zero-order valence-electron chi connectivity index (χ0n) is 17.8. The van der Waals surface area contributed by atoms with Gasteiger partial charge < -0.3 is 10.2 Å². The Kier molecular flexibility index (Phi) is 8.89. The molecule has 2 aromatic carbocycles. The van der Waals surface area contributed by atoms with Crippen LogP contribution in [-0.2, 0) is 26.2 Å². The highest BCUT2D eigenvalue weighted by atomic mass is 35.5. The number of hydrogen-bond acceptors (Lipinski definition) is 4. The van der Waals surface area contributed by atoms with Crippen LogP contribution in [-0.4, -0.2) is 51.0 Å². The molecule has 32 heavy (non-hydrogen) atoms. The van der Waals surface area contributed by atoms with Crippen LogP contribution in [0, 0.1) is 5.82 Å². The number of carbonyl (C=O) groups excluding carboxylic acids is 2. The molecule has 0 saturated heterocycles. The fourth-order valence-electron chi connectivity index (χ4n) is 3.13. The fourth-order valence-corrected chi connectivity index (χ4v) is 4.26. The van der Waals surface area contributed by atoms with E-state index in [2.05, 4.69) is 5.32 Å². The predicted octanol–water partition coefficient (Wildman–Crippen LogP) is 3.45. The highest BCUT2D eigenvalue weighted by Crippen LogP contribution is 2.28. The van der Waals surface area contributed by atoms with Crippen LogP contribution in [0.3, 0.4) is 0 Å². The van der Waals surface area contributed by atoms with E-state index in [0.29, 0.717) is 5.56 Å². The number of nitrogens with one attached hydrogen (secondary N) is 1. The summed E-state index contributed by atoms with van der Waals surface area (Å²) >= 11 is 12.0. The molecule has 0 fully saturated rings. The van der Waals surface area contributed by atoms with Gasteiger partial charge in [0.05, 0.1) is 22.0 Å². The zero-order valence-corrected chi connectivity index (χ0v) is 20.1. The molecule has 0 aromatic heterocycles. The first-order chi connectivity index (χ1) is 15.0. The van der Waals surface area contributed by atoms with Crippen molar-refractivity contribution >= 4 is 50.7 Å². The van der Waals surface area contributed by atoms with Crippen molar-refractivity contribution in [1.82, 2.24) is 10.2 Å². The van der Waals surface area contributed by atoms with E-state index in [-0.39, 0.29) is 28.7 Å². The van der Waals surface area contributed by atoms with Gasteiger partial charge in [-0.25, -0.2) is 12.8 Å². The second-order valence-electron chi connectivity index (χ2n) is 7.05. The van der Waals surface area contributed by atoms with Gasteiger partial charge in [-0.3, -0.25) is 13.9 Å². The normalized spacial score (nSPS) is 12.2. The van der Waals surface area contributed by atoms with Gasteiger partial charge in [0.15, 0.2) is 0 Å². The molecule has 0 bridgehead atoms. The van der Waals surface area contributed by atoms with Gasteiger partial charge in [-0.1, -0.05) is 42.3 Å². The summed E-state index contributed by atoms with van der Waals surface area (Å²) in [5.41, 5.74) is 0.743. The van der Waals surface area contributed by atoms with Gasteiger partial charge >= 0.3 is 0 Å². The molecule has 2 aromatic rings. The number of carbonyl (C=O) groups is 2. The Labute approximate surface area is 197 Å². The molecule has 1 N–H and O–H groups in total. The summed E-state index contributed by atoms with van der Waals surface area (Å²) in [6.07, 6.45) is 1.25. The Morgan fingerprint density at radius 2 is 1.72 bits per heavy atom. The number of hydrogen-bond donors (Lipinski definition) is 1. The first kappa shape index (κ1) is 25.9. The van der Waals surface area contributed by atoms with Crippen LogP contribution < -0.4 is 9.62 Å². The molecule has 2 rings (SSSR count). The summed E-state index contributed by atoms with van der Waals surface area (Å²) in [6, 6.07) is 8.85. The van der Waals surface area contributed by atoms with Crippen LogP contribution in [0.5, 0.6) is 0 Å². The molecule has 2 amide bonds. The van der Waals surface area contributed by atoms with Crippen molar-refractivity contribution in [2.24, 2.45) is 0 Å². The molecule has 1 atom stereocenters. The average molecular weight is 504 g/mol. The SMILES string of the molecule is CC[C@H](C(=O)NC)N(Cc1ccc(F)cc1)C(=O)CN(c1ccc(Cl)c(Cl)c1)S(C)(=O)=O. The quantitative estimate of drug-likeness (QED) is 0.567. The zero-order chi connectivity index (χ0) is 24.1. The Morgan fingerprint density at radius 3 is 2.22 bits per heavy atom. The third kappa shape index (κ3) is 6.57. The predicted molar refractivity (Wildman–Crippen MR) is 124 cm³/mol. The lowest BCUT2D eigenvalue weighted by Crippen LogP contribution is -2.51. The van der Waals surface area contributed by atoms with E-state index >= 15 is 0 Å². The third-order valence-corrected chi connectivity index (χ3v) is 6.65. The van der Waals surface area contributed by atoms with Crippen LogP contribution in [0.2, 0.25) is 10.0 Å². The first-order valence-electron chi connectivity index (χ1n) is 9.66. The lowest BCUT2D eigenvalue weighted by molar-refractivity contribution is -0.140. The summed E-state index contributed by atoms with van der Waals surface area (Å²) < 4.78 is 39.1. The van der Waals surface area contributed by atoms with Gasteiger partial charge in [0.25, 0.3) is 0 Å². The number of rotatable bonds is 9. The van der Waals surface area contributed by atoms with Crippen LogP contribution >= 0.6 is 23.2 Å². The summed E-state index contributed by atoms with van der Waals surface area (Å²) in [4.78, 5) is 27.0. The van der Waals surface area contributed by atoms with E-state index < -0.39 is 40.2 Å². The minimum absolute atomic E-state index is 0.00990. The molecule has 0 aliphatic heterocycles. The second-order valence-corrected chi connectivity index (χ2v) is 9.78.